The molecule has 3 aliphatic rings. The van der Waals surface area contributed by atoms with Crippen molar-refractivity contribution in [1.82, 2.24) is 24.6 Å². The second-order valence-corrected chi connectivity index (χ2v) is 13.0. The SMILES string of the molecule is CCC1CCC2(CCN(c3cc(C(=O)Nc4cc5cc(-c6cnn(C)c6CN6CCOCC6)ccc5cn4)ccn3)CC2)C1. The highest BCUT2D eigenvalue weighted by Crippen LogP contribution is 2.50. The number of aromatic nitrogens is 4. The molecule has 1 amide bonds. The number of carbonyl (C=O) groups excluding carboxylic acids is 1. The van der Waals surface area contributed by atoms with Gasteiger partial charge in [-0.15, -0.1) is 0 Å². The second-order valence-electron chi connectivity index (χ2n) is 13.0. The van der Waals surface area contributed by atoms with Crippen LogP contribution in [0.4, 0.5) is 11.6 Å². The smallest absolute Gasteiger partial charge is 0.257 e. The molecule has 9 nitrogen and oxygen atoms in total. The van der Waals surface area contributed by atoms with Crippen molar-refractivity contribution in [3.8, 4) is 11.1 Å². The van der Waals surface area contributed by atoms with E-state index in [1.54, 1.807) is 12.3 Å². The molecule has 9 heteroatoms. The fourth-order valence-electron chi connectivity index (χ4n) is 7.50. The van der Waals surface area contributed by atoms with Gasteiger partial charge in [0.25, 0.3) is 5.91 Å². The fourth-order valence-corrected chi connectivity index (χ4v) is 7.50. The molecule has 0 radical (unpaired) electrons. The molecule has 1 atom stereocenters. The largest absolute Gasteiger partial charge is 0.379 e. The summed E-state index contributed by atoms with van der Waals surface area (Å²) in [6, 6.07) is 12.0. The minimum Gasteiger partial charge on any atom is -0.379 e. The Morgan fingerprint density at radius 3 is 2.64 bits per heavy atom. The van der Waals surface area contributed by atoms with Crippen molar-refractivity contribution in [2.24, 2.45) is 18.4 Å². The van der Waals surface area contributed by atoms with Crippen LogP contribution in [0.25, 0.3) is 21.9 Å². The first-order chi connectivity index (χ1) is 21.5. The van der Waals surface area contributed by atoms with Crippen LogP contribution in [0.3, 0.4) is 0 Å². The van der Waals surface area contributed by atoms with Crippen molar-refractivity contribution in [1.29, 1.82) is 0 Å². The van der Waals surface area contributed by atoms with Crippen LogP contribution in [0.15, 0.2) is 55.0 Å². The fraction of sp³-hybridized carbons (Fsp3) is 0.486. The lowest BCUT2D eigenvalue weighted by Crippen LogP contribution is -2.39. The van der Waals surface area contributed by atoms with Crippen LogP contribution < -0.4 is 10.2 Å². The summed E-state index contributed by atoms with van der Waals surface area (Å²) in [7, 11) is 2.00. The Kier molecular flexibility index (Phi) is 8.08. The summed E-state index contributed by atoms with van der Waals surface area (Å²) in [5.41, 5.74) is 4.52. The summed E-state index contributed by atoms with van der Waals surface area (Å²) in [5.74, 6) is 2.14. The average molecular weight is 594 g/mol. The number of hydrogen-bond donors (Lipinski definition) is 1. The van der Waals surface area contributed by atoms with Gasteiger partial charge in [-0.3, -0.25) is 14.4 Å². The first kappa shape index (κ1) is 28.9. The lowest BCUT2D eigenvalue weighted by molar-refractivity contribution is 0.0332. The van der Waals surface area contributed by atoms with Crippen LogP contribution in [-0.2, 0) is 18.3 Å². The van der Waals surface area contributed by atoms with Crippen LogP contribution in [-0.4, -0.2) is 69.9 Å². The lowest BCUT2D eigenvalue weighted by Gasteiger charge is -2.40. The predicted octanol–water partition coefficient (Wildman–Crippen LogP) is 5.91. The zero-order valence-corrected chi connectivity index (χ0v) is 26.0. The molecular weight excluding hydrogens is 550 g/mol. The van der Waals surface area contributed by atoms with E-state index in [2.05, 4.69) is 55.3 Å². The number of carbonyl (C=O) groups is 1. The third kappa shape index (κ3) is 5.95. The van der Waals surface area contributed by atoms with Gasteiger partial charge >= 0.3 is 0 Å². The number of rotatable bonds is 7. The highest BCUT2D eigenvalue weighted by molar-refractivity contribution is 6.05. The zero-order valence-electron chi connectivity index (χ0n) is 26.0. The summed E-state index contributed by atoms with van der Waals surface area (Å²) in [4.78, 5) is 27.3. The van der Waals surface area contributed by atoms with Crippen LogP contribution in [0.5, 0.6) is 0 Å². The first-order valence-electron chi connectivity index (χ1n) is 16.2. The van der Waals surface area contributed by atoms with Gasteiger partial charge < -0.3 is 15.0 Å². The summed E-state index contributed by atoms with van der Waals surface area (Å²) in [6.45, 7) is 8.56. The number of benzene rings is 1. The Bertz CT molecular complexity index is 1640. The zero-order chi connectivity index (χ0) is 30.1. The number of pyridine rings is 2. The number of amides is 1. The molecule has 2 aliphatic heterocycles. The van der Waals surface area contributed by atoms with Crippen molar-refractivity contribution in [2.45, 2.75) is 52.0 Å². The Hall–Kier alpha value is -3.82. The van der Waals surface area contributed by atoms with Gasteiger partial charge in [-0.25, -0.2) is 9.97 Å². The summed E-state index contributed by atoms with van der Waals surface area (Å²) in [5, 5.41) is 9.64. The molecule has 1 saturated carbocycles. The minimum atomic E-state index is -0.174. The monoisotopic (exact) mass is 593 g/mol. The van der Waals surface area contributed by atoms with Crippen molar-refractivity contribution < 1.29 is 9.53 Å². The molecule has 3 fully saturated rings. The number of morpholine rings is 1. The molecule has 5 heterocycles. The quantitative estimate of drug-likeness (QED) is 0.285. The van der Waals surface area contributed by atoms with Crippen LogP contribution in [0, 0.1) is 11.3 Å². The number of nitrogens with zero attached hydrogens (tertiary/aromatic N) is 6. The molecule has 1 aromatic carbocycles. The molecule has 1 unspecified atom stereocenters. The second kappa shape index (κ2) is 12.3. The number of anilines is 2. The molecule has 4 aromatic rings. The van der Waals surface area contributed by atoms with Crippen LogP contribution in [0.2, 0.25) is 0 Å². The molecule has 0 bridgehead atoms. The van der Waals surface area contributed by atoms with Crippen molar-refractivity contribution in [3.63, 3.8) is 0 Å². The van der Waals surface area contributed by atoms with E-state index < -0.39 is 0 Å². The molecule has 44 heavy (non-hydrogen) atoms. The molecule has 3 aromatic heterocycles. The van der Waals surface area contributed by atoms with E-state index in [4.69, 9.17) is 4.74 Å². The van der Waals surface area contributed by atoms with Crippen LogP contribution in [0.1, 0.15) is 61.5 Å². The maximum absolute atomic E-state index is 13.4. The summed E-state index contributed by atoms with van der Waals surface area (Å²) >= 11 is 0. The highest BCUT2D eigenvalue weighted by Gasteiger charge is 2.40. The van der Waals surface area contributed by atoms with Gasteiger partial charge in [0.05, 0.1) is 25.1 Å². The Morgan fingerprint density at radius 1 is 1.00 bits per heavy atom. The normalized spacial score (nSPS) is 20.4. The lowest BCUT2D eigenvalue weighted by atomic mass is 9.76. The minimum absolute atomic E-state index is 0.174. The standard InChI is InChI=1S/C35H43N7O2/c1-3-25-6-8-35(21-25)9-12-42(13-10-35)33-20-27(7-11-36-33)34(43)39-32-19-29-18-26(4-5-28(29)22-37-32)30-23-38-40(2)31(30)24-41-14-16-44-17-15-41/h4-5,7,11,18-20,22-23,25H,3,6,8-10,12-17,21,24H2,1-2H3,(H,37,39,43). The number of aryl methyl sites for hydroxylation is 1. The van der Waals surface area contributed by atoms with E-state index in [0.717, 1.165) is 79.6 Å². The van der Waals surface area contributed by atoms with E-state index >= 15 is 0 Å². The van der Waals surface area contributed by atoms with E-state index in [0.29, 0.717) is 16.8 Å². The Balaban J connectivity index is 1.05. The maximum Gasteiger partial charge on any atom is 0.257 e. The number of ether oxygens (including phenoxy) is 1. The summed E-state index contributed by atoms with van der Waals surface area (Å²) in [6.07, 6.45) is 13.4. The van der Waals surface area contributed by atoms with E-state index in [-0.39, 0.29) is 5.91 Å². The van der Waals surface area contributed by atoms with E-state index in [1.165, 1.54) is 44.2 Å². The first-order valence-corrected chi connectivity index (χ1v) is 16.2. The van der Waals surface area contributed by atoms with Gasteiger partial charge in [0, 0.05) is 68.7 Å². The molecule has 1 N–H and O–H groups in total. The predicted molar refractivity (Wildman–Crippen MR) is 174 cm³/mol. The molecule has 2 saturated heterocycles. The molecule has 230 valence electrons. The molecule has 7 rings (SSSR count). The molecular formula is C35H43N7O2. The average Bonchev–Trinajstić information content (AvgIpc) is 3.64. The Labute approximate surface area is 259 Å². The van der Waals surface area contributed by atoms with Gasteiger partial charge in [-0.05, 0) is 78.7 Å². The van der Waals surface area contributed by atoms with Gasteiger partial charge in [0.2, 0.25) is 0 Å². The van der Waals surface area contributed by atoms with Crippen molar-refractivity contribution >= 4 is 28.3 Å². The number of hydrogen-bond acceptors (Lipinski definition) is 7. The van der Waals surface area contributed by atoms with Crippen LogP contribution >= 0.6 is 0 Å². The number of piperidine rings is 1. The van der Waals surface area contributed by atoms with Gasteiger partial charge in [0.15, 0.2) is 0 Å². The van der Waals surface area contributed by atoms with Gasteiger partial charge in [0.1, 0.15) is 11.6 Å². The van der Waals surface area contributed by atoms with Crippen molar-refractivity contribution in [2.75, 3.05) is 49.6 Å². The third-order valence-electron chi connectivity index (χ3n) is 10.4. The topological polar surface area (TPSA) is 88.4 Å². The molecule has 1 aliphatic carbocycles. The summed E-state index contributed by atoms with van der Waals surface area (Å²) < 4.78 is 7.50. The van der Waals surface area contributed by atoms with E-state index in [1.807, 2.05) is 36.3 Å². The van der Waals surface area contributed by atoms with E-state index in [9.17, 15) is 4.79 Å². The van der Waals surface area contributed by atoms with Gasteiger partial charge in [-0.2, -0.15) is 5.10 Å². The molecule has 1 spiro atoms. The Morgan fingerprint density at radius 2 is 1.84 bits per heavy atom. The third-order valence-corrected chi connectivity index (χ3v) is 10.4. The van der Waals surface area contributed by atoms with Gasteiger partial charge in [-0.1, -0.05) is 25.5 Å². The number of nitrogens with one attached hydrogen (secondary N) is 1. The number of fused-ring (bicyclic) bond motifs is 1. The van der Waals surface area contributed by atoms with Crippen molar-refractivity contribution in [3.05, 3.63) is 66.2 Å². The highest BCUT2D eigenvalue weighted by atomic mass is 16.5. The maximum atomic E-state index is 13.4.